The number of rotatable bonds is 9. The van der Waals surface area contributed by atoms with Gasteiger partial charge in [0, 0.05) is 5.41 Å². The average molecular weight is 410 g/mol. The molecule has 1 aromatic heterocycles. The summed E-state index contributed by atoms with van der Waals surface area (Å²) in [7, 11) is 0. The summed E-state index contributed by atoms with van der Waals surface area (Å²) < 4.78 is 2.34. The summed E-state index contributed by atoms with van der Waals surface area (Å²) in [6, 6.07) is 32.7. The van der Waals surface area contributed by atoms with Crippen LogP contribution >= 0.6 is 0 Å². The molecule has 0 radical (unpaired) electrons. The van der Waals surface area contributed by atoms with Gasteiger partial charge in [0.25, 0.3) is 5.82 Å². The monoisotopic (exact) mass is 409 g/mol. The van der Waals surface area contributed by atoms with Gasteiger partial charge in [0.15, 0.2) is 0 Å². The molecule has 1 N–H and O–H groups in total. The Labute approximate surface area is 186 Å². The highest BCUT2D eigenvalue weighted by atomic mass is 15.1. The van der Waals surface area contributed by atoms with Crippen LogP contribution in [0.15, 0.2) is 103 Å². The van der Waals surface area contributed by atoms with Crippen LogP contribution in [0.1, 0.15) is 56.0 Å². The Balaban J connectivity index is 1.84. The van der Waals surface area contributed by atoms with Crippen LogP contribution in [0.5, 0.6) is 0 Å². The Kier molecular flexibility index (Phi) is 6.66. The predicted octanol–water partition coefficient (Wildman–Crippen LogP) is 6.77. The van der Waals surface area contributed by atoms with E-state index >= 15 is 0 Å². The number of nitrogens with one attached hydrogen (secondary N) is 1. The normalized spacial score (nSPS) is 14.1. The molecule has 0 aliphatic heterocycles. The molecule has 31 heavy (non-hydrogen) atoms. The highest BCUT2D eigenvalue weighted by molar-refractivity contribution is 5.33. The topological polar surface area (TPSA) is 19.7 Å². The second-order valence-electron chi connectivity index (χ2n) is 8.69. The molecule has 0 bridgehead atoms. The van der Waals surface area contributed by atoms with E-state index in [9.17, 15) is 0 Å². The molecule has 0 amide bonds. The van der Waals surface area contributed by atoms with Gasteiger partial charge >= 0.3 is 0 Å². The first kappa shape index (κ1) is 21.1. The summed E-state index contributed by atoms with van der Waals surface area (Å²) in [5.41, 5.74) is 3.94. The SMILES string of the molecule is CCCCC(c1[nH]cc[n+]1-c1ccccc1)C(C)(Cc1ccccc1)c1ccccc1. The third-order valence-corrected chi connectivity index (χ3v) is 6.54. The molecule has 0 aliphatic rings. The van der Waals surface area contributed by atoms with Gasteiger partial charge in [-0.2, -0.15) is 4.57 Å². The van der Waals surface area contributed by atoms with Crippen molar-refractivity contribution in [1.29, 1.82) is 0 Å². The maximum absolute atomic E-state index is 3.64. The van der Waals surface area contributed by atoms with Crippen LogP contribution in [0.2, 0.25) is 0 Å². The van der Waals surface area contributed by atoms with E-state index in [0.29, 0.717) is 5.92 Å². The van der Waals surface area contributed by atoms with Gasteiger partial charge in [-0.05, 0) is 36.1 Å². The molecule has 2 nitrogen and oxygen atoms in total. The van der Waals surface area contributed by atoms with Crippen LogP contribution in [0.25, 0.3) is 5.69 Å². The van der Waals surface area contributed by atoms with Crippen molar-refractivity contribution in [3.63, 3.8) is 0 Å². The number of aromatic amines is 1. The van der Waals surface area contributed by atoms with Crippen LogP contribution < -0.4 is 4.57 Å². The van der Waals surface area contributed by atoms with Gasteiger partial charge < -0.3 is 0 Å². The molecule has 0 aliphatic carbocycles. The Morgan fingerprint density at radius 2 is 1.45 bits per heavy atom. The minimum absolute atomic E-state index is 0.0425. The number of imidazole rings is 1. The van der Waals surface area contributed by atoms with Crippen molar-refractivity contribution in [2.45, 2.75) is 50.9 Å². The van der Waals surface area contributed by atoms with Gasteiger partial charge in [0.1, 0.15) is 18.1 Å². The van der Waals surface area contributed by atoms with Crippen molar-refractivity contribution in [2.75, 3.05) is 0 Å². The summed E-state index contributed by atoms with van der Waals surface area (Å²) in [4.78, 5) is 3.64. The predicted molar refractivity (Wildman–Crippen MR) is 129 cm³/mol. The molecule has 4 rings (SSSR count). The Hall–Kier alpha value is -3.13. The van der Waals surface area contributed by atoms with Gasteiger partial charge in [-0.25, -0.2) is 4.98 Å². The number of nitrogens with zero attached hydrogens (tertiary/aromatic N) is 1. The van der Waals surface area contributed by atoms with Crippen LogP contribution in [-0.4, -0.2) is 4.98 Å². The van der Waals surface area contributed by atoms with E-state index in [0.717, 1.165) is 12.8 Å². The Morgan fingerprint density at radius 3 is 2.10 bits per heavy atom. The maximum atomic E-state index is 3.64. The zero-order valence-corrected chi connectivity index (χ0v) is 18.7. The lowest BCUT2D eigenvalue weighted by Crippen LogP contribution is -2.42. The van der Waals surface area contributed by atoms with Crippen molar-refractivity contribution in [3.05, 3.63) is 120 Å². The lowest BCUT2D eigenvalue weighted by Gasteiger charge is -2.37. The fourth-order valence-corrected chi connectivity index (χ4v) is 4.86. The Bertz CT molecular complexity index is 1050. The maximum Gasteiger partial charge on any atom is 0.263 e. The summed E-state index contributed by atoms with van der Waals surface area (Å²) in [6.45, 7) is 4.74. The first-order chi connectivity index (χ1) is 15.2. The van der Waals surface area contributed by atoms with Crippen LogP contribution in [0.3, 0.4) is 0 Å². The highest BCUT2D eigenvalue weighted by Crippen LogP contribution is 2.43. The average Bonchev–Trinajstić information content (AvgIpc) is 3.30. The van der Waals surface area contributed by atoms with Gasteiger partial charge in [-0.3, -0.25) is 0 Å². The zero-order chi connectivity index (χ0) is 21.5. The molecular formula is C29H33N2+. The van der Waals surface area contributed by atoms with E-state index < -0.39 is 0 Å². The third kappa shape index (κ3) is 4.64. The summed E-state index contributed by atoms with van der Waals surface area (Å²) in [6.07, 6.45) is 8.78. The highest BCUT2D eigenvalue weighted by Gasteiger charge is 2.42. The fourth-order valence-electron chi connectivity index (χ4n) is 4.86. The van der Waals surface area contributed by atoms with E-state index in [1.165, 1.54) is 35.5 Å². The summed E-state index contributed by atoms with van der Waals surface area (Å²) >= 11 is 0. The standard InChI is InChI=1S/C29H32N2/c1-3-4-20-27(28-30-21-22-31(28)26-18-12-7-13-19-26)29(2,25-16-10-6-11-17-25)23-24-14-8-5-9-15-24/h5-19,21-22,27H,3-4,20,23H2,1-2H3/p+1. The molecule has 0 fully saturated rings. The summed E-state index contributed by atoms with van der Waals surface area (Å²) in [5.74, 6) is 1.63. The van der Waals surface area contributed by atoms with Gasteiger partial charge in [-0.15, -0.1) is 0 Å². The first-order valence-electron chi connectivity index (χ1n) is 11.5. The zero-order valence-electron chi connectivity index (χ0n) is 18.7. The molecule has 0 spiro atoms. The molecule has 4 aromatic rings. The summed E-state index contributed by atoms with van der Waals surface area (Å²) in [5, 5.41) is 0. The van der Waals surface area contributed by atoms with Crippen LogP contribution in [-0.2, 0) is 11.8 Å². The molecule has 2 heteroatoms. The van der Waals surface area contributed by atoms with E-state index in [1.54, 1.807) is 0 Å². The van der Waals surface area contributed by atoms with E-state index in [2.05, 4.69) is 127 Å². The van der Waals surface area contributed by atoms with Crippen molar-refractivity contribution in [1.82, 2.24) is 4.98 Å². The lowest BCUT2D eigenvalue weighted by atomic mass is 9.66. The van der Waals surface area contributed by atoms with Crippen molar-refractivity contribution >= 4 is 0 Å². The number of hydrogen-bond donors (Lipinski definition) is 1. The molecule has 2 unspecified atom stereocenters. The second kappa shape index (κ2) is 9.78. The number of aromatic nitrogens is 2. The molecule has 2 atom stereocenters. The number of H-pyrrole nitrogens is 1. The first-order valence-corrected chi connectivity index (χ1v) is 11.5. The fraction of sp³-hybridized carbons (Fsp3) is 0.276. The van der Waals surface area contributed by atoms with Gasteiger partial charge in [-0.1, -0.05) is 106 Å². The number of unbranched alkanes of at least 4 members (excludes halogenated alkanes) is 1. The molecule has 158 valence electrons. The smallest absolute Gasteiger partial charge is 0.247 e. The van der Waals surface area contributed by atoms with Crippen LogP contribution in [0.4, 0.5) is 0 Å². The molecule has 0 saturated heterocycles. The van der Waals surface area contributed by atoms with E-state index in [1.807, 2.05) is 0 Å². The van der Waals surface area contributed by atoms with Crippen molar-refractivity contribution in [2.24, 2.45) is 0 Å². The van der Waals surface area contributed by atoms with Crippen molar-refractivity contribution < 1.29 is 4.57 Å². The number of hydrogen-bond acceptors (Lipinski definition) is 0. The van der Waals surface area contributed by atoms with Crippen molar-refractivity contribution in [3.8, 4) is 5.69 Å². The minimum atomic E-state index is -0.0425. The van der Waals surface area contributed by atoms with Gasteiger partial charge in [0.05, 0.1) is 5.92 Å². The van der Waals surface area contributed by atoms with Crippen LogP contribution in [0, 0.1) is 0 Å². The molecule has 1 heterocycles. The Morgan fingerprint density at radius 1 is 0.839 bits per heavy atom. The number of benzene rings is 3. The van der Waals surface area contributed by atoms with E-state index in [-0.39, 0.29) is 5.41 Å². The third-order valence-electron chi connectivity index (χ3n) is 6.54. The largest absolute Gasteiger partial charge is 0.263 e. The minimum Gasteiger partial charge on any atom is -0.247 e. The quantitative estimate of drug-likeness (QED) is 0.294. The van der Waals surface area contributed by atoms with E-state index in [4.69, 9.17) is 0 Å². The van der Waals surface area contributed by atoms with Gasteiger partial charge in [0.2, 0.25) is 0 Å². The number of para-hydroxylation sites is 1. The lowest BCUT2D eigenvalue weighted by molar-refractivity contribution is -0.605. The molecular weight excluding hydrogens is 376 g/mol. The second-order valence-corrected chi connectivity index (χ2v) is 8.69. The molecule has 3 aromatic carbocycles. The molecule has 0 saturated carbocycles.